The first kappa shape index (κ1) is 19.1. The molecule has 0 radical (unpaired) electrons. The van der Waals surface area contributed by atoms with Crippen molar-refractivity contribution < 1.29 is 17.9 Å². The molecule has 0 unspecified atom stereocenters. The van der Waals surface area contributed by atoms with Gasteiger partial charge in [0.05, 0.1) is 23.0 Å². The zero-order chi connectivity index (χ0) is 18.7. The largest absolute Gasteiger partial charge is 0.496 e. The molecule has 0 saturated carbocycles. The number of sulfonamides is 1. The smallest absolute Gasteiger partial charge is 0.316 e. The summed E-state index contributed by atoms with van der Waals surface area (Å²) >= 11 is 3.27. The van der Waals surface area contributed by atoms with Gasteiger partial charge in [0.25, 0.3) is 0 Å². The first-order valence-corrected chi connectivity index (χ1v) is 10.4. The average molecular weight is 442 g/mol. The molecular weight excluding hydrogens is 422 g/mol. The van der Waals surface area contributed by atoms with Crippen LogP contribution in [0.15, 0.2) is 40.0 Å². The zero-order valence-corrected chi connectivity index (χ0v) is 17.0. The molecule has 1 aromatic heterocycles. The lowest BCUT2D eigenvalue weighted by molar-refractivity contribution is 0.119. The van der Waals surface area contributed by atoms with E-state index >= 15 is 0 Å². The van der Waals surface area contributed by atoms with E-state index in [4.69, 9.17) is 9.47 Å². The zero-order valence-electron chi connectivity index (χ0n) is 14.6. The Bertz CT molecular complexity index is 874. The van der Waals surface area contributed by atoms with Crippen molar-refractivity contribution in [2.24, 2.45) is 0 Å². The molecule has 0 spiro atoms. The van der Waals surface area contributed by atoms with Crippen LogP contribution in [0.5, 0.6) is 11.8 Å². The standard InChI is InChI=1S/C17H20BrN3O4S/c1-12-8-15(5-6-16(12)24-2)26(22,23)21-7-3-4-14(11-21)25-17-19-9-13(18)10-20-17/h5-6,8-10,14H,3-4,7,11H2,1-2H3/t14-/m1/s1. The lowest BCUT2D eigenvalue weighted by Crippen LogP contribution is -2.44. The Balaban J connectivity index is 1.75. The summed E-state index contributed by atoms with van der Waals surface area (Å²) in [5, 5.41) is 0. The molecule has 0 amide bonds. The van der Waals surface area contributed by atoms with Crippen molar-refractivity contribution in [2.75, 3.05) is 20.2 Å². The topological polar surface area (TPSA) is 81.6 Å². The molecule has 1 aromatic carbocycles. The summed E-state index contributed by atoms with van der Waals surface area (Å²) in [5.41, 5.74) is 0.779. The van der Waals surface area contributed by atoms with Crippen LogP contribution in [0.3, 0.4) is 0 Å². The van der Waals surface area contributed by atoms with Gasteiger partial charge in [-0.1, -0.05) is 0 Å². The molecule has 1 saturated heterocycles. The van der Waals surface area contributed by atoms with Gasteiger partial charge in [0.15, 0.2) is 0 Å². The van der Waals surface area contributed by atoms with E-state index in [1.807, 2.05) is 6.92 Å². The molecule has 140 valence electrons. The van der Waals surface area contributed by atoms with E-state index in [1.54, 1.807) is 37.7 Å². The molecule has 7 nitrogen and oxygen atoms in total. The second kappa shape index (κ2) is 7.89. The molecule has 2 aromatic rings. The molecule has 9 heteroatoms. The number of rotatable bonds is 5. The molecule has 1 atom stereocenters. The summed E-state index contributed by atoms with van der Waals surface area (Å²) in [6.45, 7) is 2.56. The molecule has 0 bridgehead atoms. The van der Waals surface area contributed by atoms with Gasteiger partial charge in [-0.05, 0) is 59.5 Å². The van der Waals surface area contributed by atoms with Crippen molar-refractivity contribution in [3.8, 4) is 11.8 Å². The molecule has 26 heavy (non-hydrogen) atoms. The minimum absolute atomic E-state index is 0.248. The summed E-state index contributed by atoms with van der Waals surface area (Å²) in [5.74, 6) is 0.663. The number of hydrogen-bond donors (Lipinski definition) is 0. The second-order valence-corrected chi connectivity index (χ2v) is 8.91. The fourth-order valence-corrected chi connectivity index (χ4v) is 4.69. The third-order valence-electron chi connectivity index (χ3n) is 4.21. The van der Waals surface area contributed by atoms with Gasteiger partial charge in [0, 0.05) is 18.9 Å². The number of aromatic nitrogens is 2. The highest BCUT2D eigenvalue weighted by atomic mass is 79.9. The molecule has 3 rings (SSSR count). The molecule has 0 aliphatic carbocycles. The lowest BCUT2D eigenvalue weighted by atomic mass is 10.1. The van der Waals surface area contributed by atoms with Crippen LogP contribution in [0, 0.1) is 6.92 Å². The van der Waals surface area contributed by atoms with E-state index in [0.29, 0.717) is 12.3 Å². The number of benzene rings is 1. The Kier molecular flexibility index (Phi) is 5.79. The number of piperidine rings is 1. The first-order chi connectivity index (χ1) is 12.4. The van der Waals surface area contributed by atoms with Crippen LogP contribution in [0.1, 0.15) is 18.4 Å². The minimum Gasteiger partial charge on any atom is -0.496 e. The van der Waals surface area contributed by atoms with Crippen molar-refractivity contribution in [2.45, 2.75) is 30.8 Å². The Hall–Kier alpha value is -1.71. The van der Waals surface area contributed by atoms with Crippen LogP contribution in [0.2, 0.25) is 0 Å². The average Bonchev–Trinajstić information content (AvgIpc) is 2.64. The fraction of sp³-hybridized carbons (Fsp3) is 0.412. The molecule has 1 fully saturated rings. The van der Waals surface area contributed by atoms with Gasteiger partial charge in [0.2, 0.25) is 10.0 Å². The van der Waals surface area contributed by atoms with E-state index in [9.17, 15) is 8.42 Å². The monoisotopic (exact) mass is 441 g/mol. The van der Waals surface area contributed by atoms with Crippen molar-refractivity contribution in [1.82, 2.24) is 14.3 Å². The van der Waals surface area contributed by atoms with Crippen LogP contribution in [0.25, 0.3) is 0 Å². The van der Waals surface area contributed by atoms with Crippen molar-refractivity contribution in [3.63, 3.8) is 0 Å². The van der Waals surface area contributed by atoms with Crippen LogP contribution >= 0.6 is 15.9 Å². The number of nitrogens with zero attached hydrogens (tertiary/aromatic N) is 3. The summed E-state index contributed by atoms with van der Waals surface area (Å²) in [6.07, 6.45) is 4.39. The fourth-order valence-electron chi connectivity index (χ4n) is 2.89. The van der Waals surface area contributed by atoms with Crippen LogP contribution in [-0.4, -0.2) is 49.0 Å². The minimum atomic E-state index is -3.59. The quantitative estimate of drug-likeness (QED) is 0.709. The first-order valence-electron chi connectivity index (χ1n) is 8.19. The highest BCUT2D eigenvalue weighted by Crippen LogP contribution is 2.26. The van der Waals surface area contributed by atoms with Gasteiger partial charge in [-0.3, -0.25) is 0 Å². The van der Waals surface area contributed by atoms with Gasteiger partial charge in [-0.25, -0.2) is 18.4 Å². The summed E-state index contributed by atoms with van der Waals surface area (Å²) in [6, 6.07) is 5.13. The normalized spacial score (nSPS) is 18.5. The van der Waals surface area contributed by atoms with Crippen LogP contribution in [0.4, 0.5) is 0 Å². The number of halogens is 1. The van der Waals surface area contributed by atoms with E-state index in [-0.39, 0.29) is 23.6 Å². The van der Waals surface area contributed by atoms with Crippen LogP contribution in [-0.2, 0) is 10.0 Å². The van der Waals surface area contributed by atoms with E-state index < -0.39 is 10.0 Å². The molecular formula is C17H20BrN3O4S. The number of methoxy groups -OCH3 is 1. The highest BCUT2D eigenvalue weighted by molar-refractivity contribution is 9.10. The Morgan fingerprint density at radius 2 is 2.00 bits per heavy atom. The predicted octanol–water partition coefficient (Wildman–Crippen LogP) is 2.79. The molecule has 1 aliphatic heterocycles. The maximum Gasteiger partial charge on any atom is 0.316 e. The van der Waals surface area contributed by atoms with Gasteiger partial charge in [-0.15, -0.1) is 0 Å². The third kappa shape index (κ3) is 4.16. The molecule has 0 N–H and O–H groups in total. The predicted molar refractivity (Wildman–Crippen MR) is 99.9 cm³/mol. The van der Waals surface area contributed by atoms with E-state index in [2.05, 4.69) is 25.9 Å². The van der Waals surface area contributed by atoms with Crippen molar-refractivity contribution in [3.05, 3.63) is 40.6 Å². The molecule has 1 aliphatic rings. The molecule has 2 heterocycles. The number of ether oxygens (including phenoxy) is 2. The van der Waals surface area contributed by atoms with Gasteiger partial charge in [0.1, 0.15) is 11.9 Å². The van der Waals surface area contributed by atoms with E-state index in [0.717, 1.165) is 22.9 Å². The Morgan fingerprint density at radius 1 is 1.27 bits per heavy atom. The Labute approximate surface area is 161 Å². The summed E-state index contributed by atoms with van der Waals surface area (Å²) < 4.78 is 39.1. The summed E-state index contributed by atoms with van der Waals surface area (Å²) in [7, 11) is -2.03. The maximum absolute atomic E-state index is 13.0. The highest BCUT2D eigenvalue weighted by Gasteiger charge is 2.31. The van der Waals surface area contributed by atoms with Crippen molar-refractivity contribution >= 4 is 26.0 Å². The van der Waals surface area contributed by atoms with Crippen molar-refractivity contribution in [1.29, 1.82) is 0 Å². The number of aryl methyl sites for hydroxylation is 1. The Morgan fingerprint density at radius 3 is 2.65 bits per heavy atom. The van der Waals surface area contributed by atoms with E-state index in [1.165, 1.54) is 4.31 Å². The number of hydrogen-bond acceptors (Lipinski definition) is 6. The van der Waals surface area contributed by atoms with Gasteiger partial charge in [-0.2, -0.15) is 4.31 Å². The second-order valence-electron chi connectivity index (χ2n) is 6.06. The third-order valence-corrected chi connectivity index (χ3v) is 6.48. The lowest BCUT2D eigenvalue weighted by Gasteiger charge is -2.31. The maximum atomic E-state index is 13.0. The van der Waals surface area contributed by atoms with Crippen LogP contribution < -0.4 is 9.47 Å². The SMILES string of the molecule is COc1ccc(S(=O)(=O)N2CCC[C@@H](Oc3ncc(Br)cn3)C2)cc1C. The van der Waals surface area contributed by atoms with Gasteiger partial charge >= 0.3 is 6.01 Å². The summed E-state index contributed by atoms with van der Waals surface area (Å²) in [4.78, 5) is 8.43. The van der Waals surface area contributed by atoms with Gasteiger partial charge < -0.3 is 9.47 Å².